The van der Waals surface area contributed by atoms with Crippen molar-refractivity contribution in [1.82, 2.24) is 15.6 Å². The second kappa shape index (κ2) is 11.1. The molecule has 27 heavy (non-hydrogen) atoms. The molecule has 0 spiro atoms. The van der Waals surface area contributed by atoms with Crippen LogP contribution < -0.4 is 15.4 Å². The Bertz CT molecular complexity index is 566. The van der Waals surface area contributed by atoms with E-state index in [1.165, 1.54) is 25.7 Å². The molecule has 0 bridgehead atoms. The molecule has 1 fully saturated rings. The van der Waals surface area contributed by atoms with Crippen LogP contribution in [0.5, 0.6) is 5.88 Å². The van der Waals surface area contributed by atoms with E-state index in [0.29, 0.717) is 17.8 Å². The van der Waals surface area contributed by atoms with Gasteiger partial charge in [-0.05, 0) is 51.0 Å². The molecule has 2 N–H and O–H groups in total. The number of pyridine rings is 1. The highest BCUT2D eigenvalue weighted by Gasteiger charge is 2.33. The zero-order valence-electron chi connectivity index (χ0n) is 17.4. The number of aliphatic imine (C=N–C) groups is 1. The van der Waals surface area contributed by atoms with Crippen LogP contribution in [0.1, 0.15) is 58.4 Å². The lowest BCUT2D eigenvalue weighted by atomic mass is 9.83. The average molecular weight is 377 g/mol. The Morgan fingerprint density at radius 2 is 2.04 bits per heavy atom. The summed E-state index contributed by atoms with van der Waals surface area (Å²) < 4.78 is 11.2. The van der Waals surface area contributed by atoms with Crippen molar-refractivity contribution in [1.29, 1.82) is 0 Å². The minimum atomic E-state index is 0.134. The number of nitrogens with zero attached hydrogens (tertiary/aromatic N) is 2. The van der Waals surface area contributed by atoms with Crippen LogP contribution in [0.25, 0.3) is 0 Å². The molecule has 6 nitrogen and oxygen atoms in total. The Balaban J connectivity index is 1.81. The summed E-state index contributed by atoms with van der Waals surface area (Å²) in [6.45, 7) is 9.32. The van der Waals surface area contributed by atoms with E-state index in [-0.39, 0.29) is 6.10 Å². The van der Waals surface area contributed by atoms with Crippen molar-refractivity contribution in [2.24, 2.45) is 10.4 Å². The van der Waals surface area contributed by atoms with Crippen molar-refractivity contribution in [2.75, 3.05) is 26.8 Å². The van der Waals surface area contributed by atoms with E-state index in [1.807, 2.05) is 39.2 Å². The second-order valence-corrected chi connectivity index (χ2v) is 7.60. The summed E-state index contributed by atoms with van der Waals surface area (Å²) in [6.07, 6.45) is 8.27. The third-order valence-electron chi connectivity index (χ3n) is 5.11. The number of aromatic nitrogens is 1. The summed E-state index contributed by atoms with van der Waals surface area (Å²) in [5.74, 6) is 1.49. The highest BCUT2D eigenvalue weighted by Crippen LogP contribution is 2.40. The molecule has 1 aromatic heterocycles. The van der Waals surface area contributed by atoms with Crippen LogP contribution in [-0.2, 0) is 11.3 Å². The van der Waals surface area contributed by atoms with Gasteiger partial charge < -0.3 is 20.1 Å². The lowest BCUT2D eigenvalue weighted by Crippen LogP contribution is -2.43. The van der Waals surface area contributed by atoms with Crippen molar-refractivity contribution >= 4 is 5.96 Å². The summed E-state index contributed by atoms with van der Waals surface area (Å²) in [5, 5.41) is 6.91. The van der Waals surface area contributed by atoms with E-state index in [9.17, 15) is 0 Å². The average Bonchev–Trinajstić information content (AvgIpc) is 3.12. The van der Waals surface area contributed by atoms with Crippen LogP contribution >= 0.6 is 0 Å². The van der Waals surface area contributed by atoms with Gasteiger partial charge in [-0.3, -0.25) is 4.99 Å². The second-order valence-electron chi connectivity index (χ2n) is 7.60. The predicted octanol–water partition coefficient (Wildman–Crippen LogP) is 3.52. The minimum Gasteiger partial charge on any atom is -0.475 e. The number of rotatable bonds is 10. The van der Waals surface area contributed by atoms with Crippen LogP contribution in [0.3, 0.4) is 0 Å². The molecule has 0 aliphatic heterocycles. The molecule has 0 atom stereocenters. The van der Waals surface area contributed by atoms with Crippen molar-refractivity contribution in [3.8, 4) is 5.88 Å². The molecular formula is C21H36N4O2. The molecule has 1 aliphatic carbocycles. The summed E-state index contributed by atoms with van der Waals surface area (Å²) in [4.78, 5) is 8.71. The van der Waals surface area contributed by atoms with E-state index in [2.05, 4.69) is 27.5 Å². The van der Waals surface area contributed by atoms with Gasteiger partial charge in [0.1, 0.15) is 0 Å². The largest absolute Gasteiger partial charge is 0.475 e. The maximum Gasteiger partial charge on any atom is 0.213 e. The fourth-order valence-electron chi connectivity index (χ4n) is 3.58. The summed E-state index contributed by atoms with van der Waals surface area (Å²) in [5.41, 5.74) is 1.44. The standard InChI is InChI=1S/C21H36N4O2/c1-5-26-13-12-21(10-6-7-11-21)16-25-20(22-4)24-15-18-8-9-19(23-14-18)27-17(2)3/h8-9,14,17H,5-7,10-13,15-16H2,1-4H3,(H2,22,24,25). The van der Waals surface area contributed by atoms with E-state index in [0.717, 1.165) is 37.7 Å². The van der Waals surface area contributed by atoms with E-state index in [4.69, 9.17) is 9.47 Å². The van der Waals surface area contributed by atoms with Crippen LogP contribution in [0.2, 0.25) is 0 Å². The number of hydrogen-bond acceptors (Lipinski definition) is 4. The van der Waals surface area contributed by atoms with E-state index >= 15 is 0 Å². The minimum absolute atomic E-state index is 0.134. The maximum absolute atomic E-state index is 5.60. The van der Waals surface area contributed by atoms with Crippen molar-refractivity contribution < 1.29 is 9.47 Å². The van der Waals surface area contributed by atoms with Crippen LogP contribution in [0.15, 0.2) is 23.3 Å². The Labute approximate surface area is 164 Å². The van der Waals surface area contributed by atoms with Crippen LogP contribution in [-0.4, -0.2) is 43.9 Å². The lowest BCUT2D eigenvalue weighted by molar-refractivity contribution is 0.105. The lowest BCUT2D eigenvalue weighted by Gasteiger charge is -2.30. The van der Waals surface area contributed by atoms with Gasteiger partial charge in [-0.2, -0.15) is 0 Å². The SMILES string of the molecule is CCOCCC1(CNC(=NC)NCc2ccc(OC(C)C)nc2)CCCC1. The fourth-order valence-corrected chi connectivity index (χ4v) is 3.58. The molecule has 1 saturated carbocycles. The molecule has 2 rings (SSSR count). The first-order valence-electron chi connectivity index (χ1n) is 10.2. The molecule has 0 amide bonds. The van der Waals surface area contributed by atoms with Crippen LogP contribution in [0, 0.1) is 5.41 Å². The number of guanidine groups is 1. The topological polar surface area (TPSA) is 67.8 Å². The van der Waals surface area contributed by atoms with Gasteiger partial charge in [0, 0.05) is 45.6 Å². The molecule has 152 valence electrons. The Kier molecular flexibility index (Phi) is 8.85. The molecule has 1 heterocycles. The highest BCUT2D eigenvalue weighted by atomic mass is 16.5. The summed E-state index contributed by atoms with van der Waals surface area (Å²) >= 11 is 0. The maximum atomic E-state index is 5.60. The van der Waals surface area contributed by atoms with E-state index in [1.54, 1.807) is 0 Å². The summed E-state index contributed by atoms with van der Waals surface area (Å²) in [6, 6.07) is 3.94. The Hall–Kier alpha value is -1.82. The number of nitrogens with one attached hydrogen (secondary N) is 2. The number of ether oxygens (including phenoxy) is 2. The molecule has 0 saturated heterocycles. The molecule has 1 aromatic rings. The van der Waals surface area contributed by atoms with Gasteiger partial charge in [0.25, 0.3) is 0 Å². The quantitative estimate of drug-likeness (QED) is 0.371. The van der Waals surface area contributed by atoms with Gasteiger partial charge in [-0.1, -0.05) is 18.9 Å². The zero-order chi connectivity index (χ0) is 19.5. The van der Waals surface area contributed by atoms with Gasteiger partial charge in [0.05, 0.1) is 6.10 Å². The highest BCUT2D eigenvalue weighted by molar-refractivity contribution is 5.79. The molecule has 0 unspecified atom stereocenters. The Morgan fingerprint density at radius 1 is 1.26 bits per heavy atom. The third kappa shape index (κ3) is 7.37. The monoisotopic (exact) mass is 376 g/mol. The smallest absolute Gasteiger partial charge is 0.213 e. The van der Waals surface area contributed by atoms with Crippen LogP contribution in [0.4, 0.5) is 0 Å². The molecule has 6 heteroatoms. The fraction of sp³-hybridized carbons (Fsp3) is 0.714. The molecule has 1 aliphatic rings. The van der Waals surface area contributed by atoms with E-state index < -0.39 is 0 Å². The van der Waals surface area contributed by atoms with Gasteiger partial charge in [-0.25, -0.2) is 4.98 Å². The number of hydrogen-bond donors (Lipinski definition) is 2. The van der Waals surface area contributed by atoms with Crippen molar-refractivity contribution in [3.05, 3.63) is 23.9 Å². The first-order chi connectivity index (χ1) is 13.1. The predicted molar refractivity (Wildman–Crippen MR) is 110 cm³/mol. The summed E-state index contributed by atoms with van der Waals surface area (Å²) in [7, 11) is 1.81. The third-order valence-corrected chi connectivity index (χ3v) is 5.11. The molecular weight excluding hydrogens is 340 g/mol. The molecule has 0 aromatic carbocycles. The van der Waals surface area contributed by atoms with Gasteiger partial charge in [0.2, 0.25) is 5.88 Å². The van der Waals surface area contributed by atoms with Crippen molar-refractivity contribution in [3.63, 3.8) is 0 Å². The van der Waals surface area contributed by atoms with Gasteiger partial charge in [-0.15, -0.1) is 0 Å². The normalized spacial score (nSPS) is 16.6. The van der Waals surface area contributed by atoms with Gasteiger partial charge in [0.15, 0.2) is 5.96 Å². The first kappa shape index (κ1) is 21.5. The zero-order valence-corrected chi connectivity index (χ0v) is 17.4. The Morgan fingerprint density at radius 3 is 2.63 bits per heavy atom. The first-order valence-corrected chi connectivity index (χ1v) is 10.2. The molecule has 0 radical (unpaired) electrons. The van der Waals surface area contributed by atoms with Crippen molar-refractivity contribution in [2.45, 2.75) is 65.5 Å². The van der Waals surface area contributed by atoms with Gasteiger partial charge >= 0.3 is 0 Å².